The molecule has 2 N–H and O–H groups in total. The van der Waals surface area contributed by atoms with E-state index in [1.54, 1.807) is 13.2 Å². The smallest absolute Gasteiger partial charge is 0.191 e. The number of aromatic nitrogens is 2. The number of aryl methyl sites for hydroxylation is 1. The molecule has 148 valence electrons. The van der Waals surface area contributed by atoms with Crippen molar-refractivity contribution in [3.05, 3.63) is 42.2 Å². The monoisotopic (exact) mass is 373 g/mol. The van der Waals surface area contributed by atoms with Crippen molar-refractivity contribution in [1.82, 2.24) is 20.4 Å². The maximum Gasteiger partial charge on any atom is 0.191 e. The number of ether oxygens (including phenoxy) is 2. The Hall–Kier alpha value is -2.70. The van der Waals surface area contributed by atoms with E-state index in [-0.39, 0.29) is 6.04 Å². The molecule has 0 saturated heterocycles. The van der Waals surface area contributed by atoms with Gasteiger partial charge in [-0.1, -0.05) is 6.07 Å². The predicted molar refractivity (Wildman–Crippen MR) is 109 cm³/mol. The first-order valence-corrected chi connectivity index (χ1v) is 9.52. The molecule has 0 fully saturated rings. The molecule has 2 aromatic rings. The molecule has 0 aliphatic carbocycles. The standard InChI is InChI=1S/C20H31N5O2/c1-5-26-18-10-9-17(15-19(18)27-6-2)16(3)24-20(21-4)22-11-7-13-25-14-8-12-23-25/h8-10,12,14-16H,5-7,11,13H2,1-4H3,(H2,21,22,24). The molecule has 27 heavy (non-hydrogen) atoms. The van der Waals surface area contributed by atoms with Gasteiger partial charge in [0.25, 0.3) is 0 Å². The molecular weight excluding hydrogens is 342 g/mol. The Kier molecular flexibility index (Phi) is 8.48. The second kappa shape index (κ2) is 11.1. The predicted octanol–water partition coefficient (Wildman–Crippen LogP) is 3.00. The summed E-state index contributed by atoms with van der Waals surface area (Å²) >= 11 is 0. The van der Waals surface area contributed by atoms with Crippen LogP contribution in [0, 0.1) is 0 Å². The SMILES string of the molecule is CCOc1ccc(C(C)NC(=NC)NCCCn2cccn2)cc1OCC. The van der Waals surface area contributed by atoms with E-state index >= 15 is 0 Å². The summed E-state index contributed by atoms with van der Waals surface area (Å²) < 4.78 is 13.3. The quantitative estimate of drug-likeness (QED) is 0.380. The molecule has 0 saturated carbocycles. The second-order valence-corrected chi connectivity index (χ2v) is 6.06. The molecule has 2 rings (SSSR count). The van der Waals surface area contributed by atoms with E-state index in [0.29, 0.717) is 13.2 Å². The number of guanidine groups is 1. The minimum atomic E-state index is 0.0807. The van der Waals surface area contributed by atoms with Crippen LogP contribution in [0.25, 0.3) is 0 Å². The lowest BCUT2D eigenvalue weighted by Crippen LogP contribution is -2.39. The van der Waals surface area contributed by atoms with Gasteiger partial charge in [0.1, 0.15) is 0 Å². The molecule has 0 radical (unpaired) electrons. The number of nitrogens with one attached hydrogen (secondary N) is 2. The summed E-state index contributed by atoms with van der Waals surface area (Å²) in [6.07, 6.45) is 4.73. The second-order valence-electron chi connectivity index (χ2n) is 6.06. The molecular formula is C20H31N5O2. The largest absolute Gasteiger partial charge is 0.490 e. The molecule has 7 nitrogen and oxygen atoms in total. The van der Waals surface area contributed by atoms with Crippen molar-refractivity contribution in [2.45, 2.75) is 39.8 Å². The van der Waals surface area contributed by atoms with Crippen LogP contribution in [0.15, 0.2) is 41.7 Å². The summed E-state index contributed by atoms with van der Waals surface area (Å²) in [5.74, 6) is 2.32. The molecule has 1 atom stereocenters. The Bertz CT molecular complexity index is 700. The number of hydrogen-bond donors (Lipinski definition) is 2. The molecule has 0 aliphatic heterocycles. The van der Waals surface area contributed by atoms with Crippen molar-refractivity contribution in [1.29, 1.82) is 0 Å². The Morgan fingerprint density at radius 1 is 1.22 bits per heavy atom. The van der Waals surface area contributed by atoms with E-state index in [9.17, 15) is 0 Å². The first kappa shape index (κ1) is 20.6. The number of hydrogen-bond acceptors (Lipinski definition) is 4. The van der Waals surface area contributed by atoms with Crippen LogP contribution in [0.5, 0.6) is 11.5 Å². The highest BCUT2D eigenvalue weighted by Crippen LogP contribution is 2.30. The van der Waals surface area contributed by atoms with Crippen molar-refractivity contribution >= 4 is 5.96 Å². The molecule has 0 aliphatic rings. The maximum atomic E-state index is 5.72. The number of rotatable bonds is 10. The van der Waals surface area contributed by atoms with E-state index < -0.39 is 0 Å². The van der Waals surface area contributed by atoms with E-state index in [1.165, 1.54) is 0 Å². The van der Waals surface area contributed by atoms with Gasteiger partial charge in [-0.25, -0.2) is 0 Å². The fourth-order valence-corrected chi connectivity index (χ4v) is 2.70. The van der Waals surface area contributed by atoms with Gasteiger partial charge in [-0.2, -0.15) is 5.10 Å². The summed E-state index contributed by atoms with van der Waals surface area (Å²) in [6, 6.07) is 8.05. The lowest BCUT2D eigenvalue weighted by Gasteiger charge is -2.20. The number of benzene rings is 1. The molecule has 1 unspecified atom stereocenters. The van der Waals surface area contributed by atoms with Gasteiger partial charge in [0.2, 0.25) is 0 Å². The van der Waals surface area contributed by atoms with E-state index in [0.717, 1.165) is 42.5 Å². The Balaban J connectivity index is 1.89. The van der Waals surface area contributed by atoms with E-state index in [2.05, 4.69) is 33.7 Å². The van der Waals surface area contributed by atoms with Crippen molar-refractivity contribution in [2.24, 2.45) is 4.99 Å². The molecule has 1 aromatic carbocycles. The summed E-state index contributed by atoms with van der Waals surface area (Å²) in [5.41, 5.74) is 1.11. The fraction of sp³-hybridized carbons (Fsp3) is 0.500. The van der Waals surface area contributed by atoms with E-state index in [4.69, 9.17) is 9.47 Å². The normalized spacial score (nSPS) is 12.5. The lowest BCUT2D eigenvalue weighted by atomic mass is 10.1. The summed E-state index contributed by atoms with van der Waals surface area (Å²) in [7, 11) is 1.78. The van der Waals surface area contributed by atoms with Gasteiger partial charge in [-0.05, 0) is 51.0 Å². The van der Waals surface area contributed by atoms with Crippen LogP contribution >= 0.6 is 0 Å². The topological polar surface area (TPSA) is 72.7 Å². The summed E-state index contributed by atoms with van der Waals surface area (Å²) in [4.78, 5) is 4.31. The average molecular weight is 374 g/mol. The third-order valence-corrected chi connectivity index (χ3v) is 4.06. The Labute approximate surface area is 161 Å². The Morgan fingerprint density at radius 2 is 2.00 bits per heavy atom. The average Bonchev–Trinajstić information content (AvgIpc) is 3.19. The van der Waals surface area contributed by atoms with Crippen LogP contribution in [-0.2, 0) is 6.54 Å². The van der Waals surface area contributed by atoms with Crippen LogP contribution < -0.4 is 20.1 Å². The zero-order chi connectivity index (χ0) is 19.5. The minimum absolute atomic E-state index is 0.0807. The van der Waals surface area contributed by atoms with Gasteiger partial charge in [0, 0.05) is 32.5 Å². The first-order valence-electron chi connectivity index (χ1n) is 9.52. The molecule has 0 amide bonds. The van der Waals surface area contributed by atoms with Crippen molar-refractivity contribution in [3.8, 4) is 11.5 Å². The molecule has 7 heteroatoms. The van der Waals surface area contributed by atoms with Gasteiger partial charge in [0.05, 0.1) is 19.3 Å². The lowest BCUT2D eigenvalue weighted by molar-refractivity contribution is 0.287. The van der Waals surface area contributed by atoms with Gasteiger partial charge < -0.3 is 20.1 Å². The Morgan fingerprint density at radius 3 is 2.67 bits per heavy atom. The van der Waals surface area contributed by atoms with Crippen molar-refractivity contribution in [3.63, 3.8) is 0 Å². The maximum absolute atomic E-state index is 5.72. The van der Waals surface area contributed by atoms with Gasteiger partial charge in [-0.3, -0.25) is 9.67 Å². The highest BCUT2D eigenvalue weighted by molar-refractivity contribution is 5.80. The third kappa shape index (κ3) is 6.51. The molecule has 0 bridgehead atoms. The van der Waals surface area contributed by atoms with Gasteiger partial charge >= 0.3 is 0 Å². The molecule has 1 heterocycles. The minimum Gasteiger partial charge on any atom is -0.490 e. The van der Waals surface area contributed by atoms with Crippen LogP contribution in [0.4, 0.5) is 0 Å². The fourth-order valence-electron chi connectivity index (χ4n) is 2.70. The van der Waals surface area contributed by atoms with Crippen molar-refractivity contribution in [2.75, 3.05) is 26.8 Å². The zero-order valence-corrected chi connectivity index (χ0v) is 16.7. The third-order valence-electron chi connectivity index (χ3n) is 4.06. The first-order chi connectivity index (χ1) is 13.2. The highest BCUT2D eigenvalue weighted by Gasteiger charge is 2.12. The van der Waals surface area contributed by atoms with Crippen LogP contribution in [0.1, 0.15) is 38.8 Å². The zero-order valence-electron chi connectivity index (χ0n) is 16.7. The molecule has 0 spiro atoms. The summed E-state index contributed by atoms with van der Waals surface area (Å²) in [6.45, 7) is 8.95. The summed E-state index contributed by atoms with van der Waals surface area (Å²) in [5, 5.41) is 11.0. The van der Waals surface area contributed by atoms with Gasteiger partial charge in [0.15, 0.2) is 17.5 Å². The number of aliphatic imine (C=N–C) groups is 1. The van der Waals surface area contributed by atoms with Crippen LogP contribution in [-0.4, -0.2) is 42.5 Å². The van der Waals surface area contributed by atoms with Crippen LogP contribution in [0.2, 0.25) is 0 Å². The number of nitrogens with zero attached hydrogens (tertiary/aromatic N) is 3. The van der Waals surface area contributed by atoms with Crippen molar-refractivity contribution < 1.29 is 9.47 Å². The van der Waals surface area contributed by atoms with Crippen LogP contribution in [0.3, 0.4) is 0 Å². The van der Waals surface area contributed by atoms with E-state index in [1.807, 2.05) is 42.9 Å². The highest BCUT2D eigenvalue weighted by atomic mass is 16.5. The van der Waals surface area contributed by atoms with Gasteiger partial charge in [-0.15, -0.1) is 0 Å². The molecule has 1 aromatic heterocycles.